The van der Waals surface area contributed by atoms with Crippen molar-refractivity contribution in [2.45, 2.75) is 39.3 Å². The Balaban J connectivity index is 1.84. The summed E-state index contributed by atoms with van der Waals surface area (Å²) in [5, 5.41) is 3.45. The summed E-state index contributed by atoms with van der Waals surface area (Å²) in [5.74, 6) is 1.05. The third kappa shape index (κ3) is 3.47. The highest BCUT2D eigenvalue weighted by Gasteiger charge is 2.17. The van der Waals surface area contributed by atoms with E-state index in [9.17, 15) is 0 Å². The molecule has 0 bridgehead atoms. The molecule has 1 aliphatic heterocycles. The Morgan fingerprint density at radius 1 is 1.39 bits per heavy atom. The summed E-state index contributed by atoms with van der Waals surface area (Å²) in [6.45, 7) is 9.56. The van der Waals surface area contributed by atoms with Gasteiger partial charge in [-0.15, -0.1) is 0 Å². The number of hydrogen-bond donors (Lipinski definition) is 1. The minimum Gasteiger partial charge on any atom is -0.493 e. The van der Waals surface area contributed by atoms with Crippen LogP contribution in [0.15, 0.2) is 18.2 Å². The Hall–Kier alpha value is -1.06. The van der Waals surface area contributed by atoms with Crippen LogP contribution in [0.25, 0.3) is 0 Å². The molecule has 100 valence electrons. The second-order valence-corrected chi connectivity index (χ2v) is 5.34. The Bertz CT molecular complexity index is 401. The fourth-order valence-corrected chi connectivity index (χ4v) is 2.30. The SMILES string of the molecule is CCOC(C)(C)CNCc1ccc2c(c1)CCO2. The molecule has 18 heavy (non-hydrogen) atoms. The third-order valence-corrected chi connectivity index (χ3v) is 3.17. The van der Waals surface area contributed by atoms with E-state index >= 15 is 0 Å². The first-order valence-electron chi connectivity index (χ1n) is 6.70. The highest BCUT2D eigenvalue weighted by molar-refractivity contribution is 5.39. The molecule has 0 saturated heterocycles. The zero-order valence-corrected chi connectivity index (χ0v) is 11.6. The van der Waals surface area contributed by atoms with Gasteiger partial charge in [0.25, 0.3) is 0 Å². The molecule has 0 radical (unpaired) electrons. The highest BCUT2D eigenvalue weighted by atomic mass is 16.5. The van der Waals surface area contributed by atoms with Crippen LogP contribution >= 0.6 is 0 Å². The van der Waals surface area contributed by atoms with Gasteiger partial charge in [0, 0.05) is 26.1 Å². The maximum absolute atomic E-state index is 5.66. The van der Waals surface area contributed by atoms with Crippen molar-refractivity contribution >= 4 is 0 Å². The van der Waals surface area contributed by atoms with E-state index in [2.05, 4.69) is 37.4 Å². The number of hydrogen-bond acceptors (Lipinski definition) is 3. The van der Waals surface area contributed by atoms with Crippen LogP contribution < -0.4 is 10.1 Å². The number of nitrogens with one attached hydrogen (secondary N) is 1. The standard InChI is InChI=1S/C15H23NO2/c1-4-18-15(2,3)11-16-10-12-5-6-14-13(9-12)7-8-17-14/h5-6,9,16H,4,7-8,10-11H2,1-3H3. The van der Waals surface area contributed by atoms with Gasteiger partial charge in [-0.2, -0.15) is 0 Å². The van der Waals surface area contributed by atoms with E-state index in [1.54, 1.807) is 0 Å². The van der Waals surface area contributed by atoms with Crippen LogP contribution in [0.1, 0.15) is 31.9 Å². The molecule has 1 aliphatic rings. The average Bonchev–Trinajstić information content (AvgIpc) is 2.75. The fraction of sp³-hybridized carbons (Fsp3) is 0.600. The highest BCUT2D eigenvalue weighted by Crippen LogP contribution is 2.25. The van der Waals surface area contributed by atoms with E-state index in [1.807, 2.05) is 6.92 Å². The first-order chi connectivity index (χ1) is 8.61. The first kappa shape index (κ1) is 13.4. The third-order valence-electron chi connectivity index (χ3n) is 3.17. The van der Waals surface area contributed by atoms with Gasteiger partial charge < -0.3 is 14.8 Å². The fourth-order valence-electron chi connectivity index (χ4n) is 2.30. The maximum atomic E-state index is 5.66. The van der Waals surface area contributed by atoms with Crippen molar-refractivity contribution in [3.63, 3.8) is 0 Å². The van der Waals surface area contributed by atoms with Crippen molar-refractivity contribution in [1.29, 1.82) is 0 Å². The molecule has 1 N–H and O–H groups in total. The normalized spacial score (nSPS) is 14.4. The summed E-state index contributed by atoms with van der Waals surface area (Å²) in [5.41, 5.74) is 2.54. The molecule has 1 aromatic rings. The molecular formula is C15H23NO2. The van der Waals surface area contributed by atoms with Crippen molar-refractivity contribution in [3.8, 4) is 5.75 Å². The lowest BCUT2D eigenvalue weighted by Gasteiger charge is -2.25. The molecule has 2 rings (SSSR count). The predicted molar refractivity (Wildman–Crippen MR) is 73.1 cm³/mol. The summed E-state index contributed by atoms with van der Waals surface area (Å²) in [6.07, 6.45) is 1.04. The molecule has 0 atom stereocenters. The lowest BCUT2D eigenvalue weighted by atomic mass is 10.1. The van der Waals surface area contributed by atoms with Crippen molar-refractivity contribution in [1.82, 2.24) is 5.32 Å². The largest absolute Gasteiger partial charge is 0.493 e. The van der Waals surface area contributed by atoms with Crippen molar-refractivity contribution < 1.29 is 9.47 Å². The molecule has 3 heteroatoms. The average molecular weight is 249 g/mol. The molecule has 0 fully saturated rings. The van der Waals surface area contributed by atoms with Gasteiger partial charge in [-0.3, -0.25) is 0 Å². The van der Waals surface area contributed by atoms with Crippen LogP contribution in [0.2, 0.25) is 0 Å². The Labute approximate surface area is 109 Å². The van der Waals surface area contributed by atoms with Crippen LogP contribution in [0.4, 0.5) is 0 Å². The monoisotopic (exact) mass is 249 g/mol. The second-order valence-electron chi connectivity index (χ2n) is 5.34. The van der Waals surface area contributed by atoms with Gasteiger partial charge in [0.05, 0.1) is 12.2 Å². The van der Waals surface area contributed by atoms with Crippen LogP contribution in [-0.4, -0.2) is 25.4 Å². The Morgan fingerprint density at radius 3 is 3.00 bits per heavy atom. The van der Waals surface area contributed by atoms with Gasteiger partial charge >= 0.3 is 0 Å². The van der Waals surface area contributed by atoms with E-state index in [-0.39, 0.29) is 5.60 Å². The predicted octanol–water partition coefficient (Wildman–Crippen LogP) is 2.53. The molecule has 0 spiro atoms. The zero-order chi connectivity index (χ0) is 13.0. The lowest BCUT2D eigenvalue weighted by Crippen LogP contribution is -2.37. The molecule has 3 nitrogen and oxygen atoms in total. The quantitative estimate of drug-likeness (QED) is 0.840. The van der Waals surface area contributed by atoms with Gasteiger partial charge in [-0.25, -0.2) is 0 Å². The lowest BCUT2D eigenvalue weighted by molar-refractivity contribution is -0.00897. The molecule has 0 amide bonds. The summed E-state index contributed by atoms with van der Waals surface area (Å²) in [7, 11) is 0. The molecule has 1 heterocycles. The van der Waals surface area contributed by atoms with Crippen LogP contribution in [0.3, 0.4) is 0 Å². The van der Waals surface area contributed by atoms with Gasteiger partial charge in [0.15, 0.2) is 0 Å². The summed E-state index contributed by atoms with van der Waals surface area (Å²) in [4.78, 5) is 0. The van der Waals surface area contributed by atoms with E-state index in [0.29, 0.717) is 0 Å². The number of fused-ring (bicyclic) bond motifs is 1. The molecule has 0 aliphatic carbocycles. The molecule has 0 unspecified atom stereocenters. The van der Waals surface area contributed by atoms with Crippen molar-refractivity contribution in [2.24, 2.45) is 0 Å². The Morgan fingerprint density at radius 2 is 2.22 bits per heavy atom. The second kappa shape index (κ2) is 5.72. The van der Waals surface area contributed by atoms with E-state index in [0.717, 1.165) is 38.5 Å². The number of ether oxygens (including phenoxy) is 2. The number of benzene rings is 1. The van der Waals surface area contributed by atoms with Gasteiger partial charge in [0.2, 0.25) is 0 Å². The van der Waals surface area contributed by atoms with Gasteiger partial charge in [-0.1, -0.05) is 12.1 Å². The molecule has 0 saturated carbocycles. The maximum Gasteiger partial charge on any atom is 0.122 e. The van der Waals surface area contributed by atoms with Crippen LogP contribution in [-0.2, 0) is 17.7 Å². The summed E-state index contributed by atoms with van der Waals surface area (Å²) >= 11 is 0. The van der Waals surface area contributed by atoms with E-state index in [1.165, 1.54) is 11.1 Å². The van der Waals surface area contributed by atoms with Crippen LogP contribution in [0, 0.1) is 0 Å². The summed E-state index contributed by atoms with van der Waals surface area (Å²) < 4.78 is 11.2. The molecular weight excluding hydrogens is 226 g/mol. The van der Waals surface area contributed by atoms with Gasteiger partial charge in [-0.05, 0) is 38.0 Å². The van der Waals surface area contributed by atoms with E-state index in [4.69, 9.17) is 9.47 Å². The van der Waals surface area contributed by atoms with Crippen molar-refractivity contribution in [3.05, 3.63) is 29.3 Å². The molecule has 0 aromatic heterocycles. The zero-order valence-electron chi connectivity index (χ0n) is 11.6. The number of rotatable bonds is 6. The molecule has 1 aromatic carbocycles. The minimum atomic E-state index is -0.103. The Kier molecular flexibility index (Phi) is 4.25. The first-order valence-corrected chi connectivity index (χ1v) is 6.70. The summed E-state index contributed by atoms with van der Waals surface area (Å²) in [6, 6.07) is 6.45. The topological polar surface area (TPSA) is 30.5 Å². The van der Waals surface area contributed by atoms with Gasteiger partial charge in [0.1, 0.15) is 5.75 Å². The van der Waals surface area contributed by atoms with Crippen LogP contribution in [0.5, 0.6) is 5.75 Å². The van der Waals surface area contributed by atoms with E-state index < -0.39 is 0 Å². The smallest absolute Gasteiger partial charge is 0.122 e. The van der Waals surface area contributed by atoms with Crippen molar-refractivity contribution in [2.75, 3.05) is 19.8 Å². The minimum absolute atomic E-state index is 0.103.